The van der Waals surface area contributed by atoms with Crippen LogP contribution in [-0.4, -0.2) is 4.57 Å². The van der Waals surface area contributed by atoms with E-state index in [0.29, 0.717) is 0 Å². The zero-order valence-corrected chi connectivity index (χ0v) is 31.1. The molecule has 2 heterocycles. The molecule has 11 aromatic rings. The van der Waals surface area contributed by atoms with Crippen molar-refractivity contribution < 1.29 is 4.42 Å². The van der Waals surface area contributed by atoms with E-state index in [9.17, 15) is 0 Å². The summed E-state index contributed by atoms with van der Waals surface area (Å²) >= 11 is 0. The Hall–Kier alpha value is -7.62. The molecule has 57 heavy (non-hydrogen) atoms. The molecule has 2 aromatic heterocycles. The summed E-state index contributed by atoms with van der Waals surface area (Å²) in [6.07, 6.45) is 0. The van der Waals surface area contributed by atoms with Crippen LogP contribution >= 0.6 is 0 Å². The number of nitrogens with zero attached hydrogens (tertiary/aromatic N) is 2. The molecule has 0 aliphatic carbocycles. The molecule has 11 rings (SSSR count). The van der Waals surface area contributed by atoms with Gasteiger partial charge in [0.1, 0.15) is 11.2 Å². The molecule has 0 amide bonds. The summed E-state index contributed by atoms with van der Waals surface area (Å²) in [6.45, 7) is 0. The SMILES string of the molecule is c1ccc(-c2ccc(N(c3ccc(-c4ccccc4)cc3)c3ccc4oc5c(ccc6c5c5ccccc5n6-c5cccc(-c6ccccc6)c5)c4c3)cc2)cc1. The lowest BCUT2D eigenvalue weighted by atomic mass is 10.0. The third-order valence-electron chi connectivity index (χ3n) is 11.2. The van der Waals surface area contributed by atoms with Gasteiger partial charge in [-0.25, -0.2) is 0 Å². The summed E-state index contributed by atoms with van der Waals surface area (Å²) in [5.74, 6) is 0. The molecule has 3 heteroatoms. The Morgan fingerprint density at radius 2 is 0.860 bits per heavy atom. The van der Waals surface area contributed by atoms with Gasteiger partial charge in [0.15, 0.2) is 0 Å². The monoisotopic (exact) mass is 728 g/mol. The normalized spacial score (nSPS) is 11.5. The average Bonchev–Trinajstić information content (AvgIpc) is 3.83. The van der Waals surface area contributed by atoms with Crippen LogP contribution in [0.2, 0.25) is 0 Å². The Kier molecular flexibility index (Phi) is 7.82. The third-order valence-corrected chi connectivity index (χ3v) is 11.2. The lowest BCUT2D eigenvalue weighted by Gasteiger charge is -2.26. The highest BCUT2D eigenvalue weighted by Crippen LogP contribution is 2.44. The summed E-state index contributed by atoms with van der Waals surface area (Å²) < 4.78 is 9.23. The smallest absolute Gasteiger partial charge is 0.145 e. The van der Waals surface area contributed by atoms with Gasteiger partial charge in [0, 0.05) is 38.9 Å². The van der Waals surface area contributed by atoms with E-state index in [1.165, 1.54) is 38.8 Å². The van der Waals surface area contributed by atoms with Crippen molar-refractivity contribution in [2.45, 2.75) is 0 Å². The second-order valence-corrected chi connectivity index (χ2v) is 14.5. The molecule has 0 radical (unpaired) electrons. The fourth-order valence-corrected chi connectivity index (χ4v) is 8.46. The fraction of sp³-hybridized carbons (Fsp3) is 0. The Labute approximate surface area is 330 Å². The predicted octanol–water partition coefficient (Wildman–Crippen LogP) is 15.2. The van der Waals surface area contributed by atoms with Crippen LogP contribution in [-0.2, 0) is 0 Å². The van der Waals surface area contributed by atoms with Crippen LogP contribution in [0.25, 0.3) is 82.8 Å². The van der Waals surface area contributed by atoms with E-state index in [-0.39, 0.29) is 0 Å². The number of para-hydroxylation sites is 1. The summed E-state index contributed by atoms with van der Waals surface area (Å²) in [5, 5.41) is 4.47. The molecule has 9 aromatic carbocycles. The van der Waals surface area contributed by atoms with Gasteiger partial charge in [0.25, 0.3) is 0 Å². The number of anilines is 3. The van der Waals surface area contributed by atoms with E-state index in [0.717, 1.165) is 61.1 Å². The first-order valence-electron chi connectivity index (χ1n) is 19.4. The predicted molar refractivity (Wildman–Crippen MR) is 239 cm³/mol. The van der Waals surface area contributed by atoms with Crippen LogP contribution in [0.4, 0.5) is 17.1 Å². The van der Waals surface area contributed by atoms with Gasteiger partial charge in [-0.1, -0.05) is 146 Å². The van der Waals surface area contributed by atoms with Gasteiger partial charge >= 0.3 is 0 Å². The number of aromatic nitrogens is 1. The van der Waals surface area contributed by atoms with Crippen LogP contribution in [0, 0.1) is 0 Å². The Morgan fingerprint density at radius 3 is 1.49 bits per heavy atom. The topological polar surface area (TPSA) is 21.3 Å². The number of hydrogen-bond acceptors (Lipinski definition) is 2. The molecule has 0 fully saturated rings. The number of fused-ring (bicyclic) bond motifs is 7. The second kappa shape index (κ2) is 13.6. The molecule has 268 valence electrons. The molecule has 0 saturated carbocycles. The Morgan fingerprint density at radius 1 is 0.333 bits per heavy atom. The molecule has 0 N–H and O–H groups in total. The number of hydrogen-bond donors (Lipinski definition) is 0. The van der Waals surface area contributed by atoms with Gasteiger partial charge in [-0.2, -0.15) is 0 Å². The Bertz CT molecular complexity index is 3120. The van der Waals surface area contributed by atoms with Gasteiger partial charge in [0.2, 0.25) is 0 Å². The van der Waals surface area contributed by atoms with Crippen molar-refractivity contribution in [1.82, 2.24) is 4.57 Å². The highest BCUT2D eigenvalue weighted by molar-refractivity contribution is 6.24. The van der Waals surface area contributed by atoms with Crippen molar-refractivity contribution in [3.8, 4) is 39.1 Å². The van der Waals surface area contributed by atoms with Crippen molar-refractivity contribution in [3.63, 3.8) is 0 Å². The third kappa shape index (κ3) is 5.68. The van der Waals surface area contributed by atoms with Crippen molar-refractivity contribution in [1.29, 1.82) is 0 Å². The standard InChI is InChI=1S/C54H36N2O/c1-4-13-37(14-5-1)40-23-27-43(28-24-40)55(44-29-25-41(26-30-44)38-15-6-2-7-16-38)46-31-34-52-49(36-46)47-32-33-51-53(54(47)57-52)48-21-10-11-22-50(48)56(51)45-20-12-19-42(35-45)39-17-8-3-9-18-39/h1-36H. The summed E-state index contributed by atoms with van der Waals surface area (Å²) in [4.78, 5) is 2.34. The number of benzene rings is 9. The highest BCUT2D eigenvalue weighted by Gasteiger charge is 2.21. The number of furan rings is 1. The van der Waals surface area contributed by atoms with E-state index < -0.39 is 0 Å². The van der Waals surface area contributed by atoms with Crippen LogP contribution in [0.1, 0.15) is 0 Å². The maximum Gasteiger partial charge on any atom is 0.145 e. The molecule has 0 atom stereocenters. The lowest BCUT2D eigenvalue weighted by Crippen LogP contribution is -2.09. The zero-order valence-electron chi connectivity index (χ0n) is 31.1. The van der Waals surface area contributed by atoms with Gasteiger partial charge < -0.3 is 13.9 Å². The minimum Gasteiger partial charge on any atom is -0.455 e. The van der Waals surface area contributed by atoms with Crippen LogP contribution in [0.3, 0.4) is 0 Å². The van der Waals surface area contributed by atoms with Gasteiger partial charge in [-0.15, -0.1) is 0 Å². The quantitative estimate of drug-likeness (QED) is 0.163. The zero-order chi connectivity index (χ0) is 37.7. The van der Waals surface area contributed by atoms with Crippen molar-refractivity contribution >= 4 is 60.8 Å². The van der Waals surface area contributed by atoms with Gasteiger partial charge in [0.05, 0.1) is 16.4 Å². The molecule has 0 bridgehead atoms. The number of rotatable bonds is 7. The maximum absolute atomic E-state index is 6.86. The first-order valence-corrected chi connectivity index (χ1v) is 19.4. The van der Waals surface area contributed by atoms with Gasteiger partial charge in [-0.3, -0.25) is 0 Å². The molecule has 0 saturated heterocycles. The molecule has 0 spiro atoms. The molecular formula is C54H36N2O. The summed E-state index contributed by atoms with van der Waals surface area (Å²) in [7, 11) is 0. The van der Waals surface area contributed by atoms with E-state index in [4.69, 9.17) is 4.42 Å². The minimum absolute atomic E-state index is 0.864. The van der Waals surface area contributed by atoms with E-state index >= 15 is 0 Å². The molecule has 0 unspecified atom stereocenters. The van der Waals surface area contributed by atoms with Crippen LogP contribution in [0.5, 0.6) is 0 Å². The maximum atomic E-state index is 6.86. The average molecular weight is 729 g/mol. The van der Waals surface area contributed by atoms with Crippen LogP contribution < -0.4 is 4.90 Å². The Balaban J connectivity index is 1.07. The van der Waals surface area contributed by atoms with Crippen molar-refractivity contribution in [2.75, 3.05) is 4.90 Å². The summed E-state index contributed by atoms with van der Waals surface area (Å²) in [5.41, 5.74) is 15.5. The molecular weight excluding hydrogens is 693 g/mol. The van der Waals surface area contributed by atoms with Gasteiger partial charge in [-0.05, 0) is 106 Å². The largest absolute Gasteiger partial charge is 0.455 e. The molecule has 0 aliphatic rings. The lowest BCUT2D eigenvalue weighted by molar-refractivity contribution is 0.673. The second-order valence-electron chi connectivity index (χ2n) is 14.5. The van der Waals surface area contributed by atoms with E-state index in [1.807, 2.05) is 0 Å². The minimum atomic E-state index is 0.864. The van der Waals surface area contributed by atoms with Crippen LogP contribution in [0.15, 0.2) is 223 Å². The fourth-order valence-electron chi connectivity index (χ4n) is 8.46. The first-order chi connectivity index (χ1) is 28.3. The summed E-state index contributed by atoms with van der Waals surface area (Å²) in [6, 6.07) is 77.9. The first kappa shape index (κ1) is 32.8. The van der Waals surface area contributed by atoms with Crippen molar-refractivity contribution in [3.05, 3.63) is 218 Å². The molecule has 0 aliphatic heterocycles. The van der Waals surface area contributed by atoms with Crippen molar-refractivity contribution in [2.24, 2.45) is 0 Å². The molecule has 3 nitrogen and oxygen atoms in total. The van der Waals surface area contributed by atoms with E-state index in [1.54, 1.807) is 0 Å². The van der Waals surface area contributed by atoms with E-state index in [2.05, 4.69) is 228 Å². The highest BCUT2D eigenvalue weighted by atomic mass is 16.3.